The SMILES string of the molecule is COc1cc(Br)cc(C=Nn2c(C(C)(C)C)nc3ccc(Br)cc3c2=O)c1O[C@@H](C)C(=O)O. The number of methoxy groups -OCH3 is 1. The van der Waals surface area contributed by atoms with Crippen LogP contribution in [0, 0.1) is 0 Å². The van der Waals surface area contributed by atoms with E-state index in [0.717, 1.165) is 4.47 Å². The number of rotatable bonds is 6. The molecule has 0 radical (unpaired) electrons. The fourth-order valence-corrected chi connectivity index (χ4v) is 3.87. The van der Waals surface area contributed by atoms with E-state index in [1.165, 1.54) is 24.9 Å². The van der Waals surface area contributed by atoms with Crippen molar-refractivity contribution in [3.05, 3.63) is 61.0 Å². The van der Waals surface area contributed by atoms with Crippen LogP contribution in [0.15, 0.2) is 49.2 Å². The van der Waals surface area contributed by atoms with E-state index in [9.17, 15) is 14.7 Å². The van der Waals surface area contributed by atoms with Crippen molar-refractivity contribution in [1.29, 1.82) is 0 Å². The first kappa shape index (κ1) is 24.9. The number of aliphatic carboxylic acids is 1. The lowest BCUT2D eigenvalue weighted by molar-refractivity contribution is -0.144. The molecule has 1 heterocycles. The second-order valence-corrected chi connectivity index (χ2v) is 10.2. The van der Waals surface area contributed by atoms with Gasteiger partial charge in [-0.25, -0.2) is 9.78 Å². The van der Waals surface area contributed by atoms with Gasteiger partial charge in [0.25, 0.3) is 5.56 Å². The van der Waals surface area contributed by atoms with Gasteiger partial charge in [0, 0.05) is 19.9 Å². The molecule has 2 aromatic carbocycles. The molecule has 174 valence electrons. The number of carboxylic acid groups (broad SMARTS) is 1. The van der Waals surface area contributed by atoms with Gasteiger partial charge in [0.1, 0.15) is 5.82 Å². The minimum atomic E-state index is -1.13. The van der Waals surface area contributed by atoms with Crippen LogP contribution in [0.25, 0.3) is 10.9 Å². The predicted octanol–water partition coefficient (Wildman–Crippen LogP) is 4.96. The monoisotopic (exact) mass is 579 g/mol. The summed E-state index contributed by atoms with van der Waals surface area (Å²) in [7, 11) is 1.45. The van der Waals surface area contributed by atoms with Gasteiger partial charge in [-0.2, -0.15) is 9.78 Å². The van der Waals surface area contributed by atoms with Crippen molar-refractivity contribution < 1.29 is 19.4 Å². The minimum absolute atomic E-state index is 0.196. The molecule has 10 heteroatoms. The zero-order valence-corrected chi connectivity index (χ0v) is 21.9. The molecule has 0 spiro atoms. The van der Waals surface area contributed by atoms with Crippen molar-refractivity contribution in [3.8, 4) is 11.5 Å². The van der Waals surface area contributed by atoms with Crippen molar-refractivity contribution >= 4 is 54.9 Å². The Morgan fingerprint density at radius 2 is 1.91 bits per heavy atom. The summed E-state index contributed by atoms with van der Waals surface area (Å²) in [4.78, 5) is 29.4. The topological polar surface area (TPSA) is 103 Å². The first-order valence-corrected chi connectivity index (χ1v) is 11.5. The van der Waals surface area contributed by atoms with Crippen LogP contribution in [0.1, 0.15) is 39.1 Å². The number of halogens is 2. The molecular formula is C23H23Br2N3O5. The van der Waals surface area contributed by atoms with Gasteiger partial charge >= 0.3 is 5.97 Å². The molecule has 1 atom stereocenters. The highest BCUT2D eigenvalue weighted by Crippen LogP contribution is 2.35. The molecule has 0 aliphatic carbocycles. The van der Waals surface area contributed by atoms with E-state index in [1.807, 2.05) is 26.8 Å². The lowest BCUT2D eigenvalue weighted by atomic mass is 9.95. The Morgan fingerprint density at radius 3 is 2.52 bits per heavy atom. The molecule has 1 N–H and O–H groups in total. The molecule has 0 amide bonds. The smallest absolute Gasteiger partial charge is 0.344 e. The molecule has 0 unspecified atom stereocenters. The van der Waals surface area contributed by atoms with Crippen LogP contribution in [0.2, 0.25) is 0 Å². The second kappa shape index (κ2) is 9.64. The van der Waals surface area contributed by atoms with E-state index in [2.05, 4.69) is 37.0 Å². The lowest BCUT2D eigenvalue weighted by Gasteiger charge is -2.21. The minimum Gasteiger partial charge on any atom is -0.493 e. The molecule has 0 bridgehead atoms. The number of ether oxygens (including phenoxy) is 2. The molecule has 1 aromatic heterocycles. The molecule has 0 saturated carbocycles. The van der Waals surface area contributed by atoms with Crippen molar-refractivity contribution in [2.24, 2.45) is 5.10 Å². The largest absolute Gasteiger partial charge is 0.493 e. The van der Waals surface area contributed by atoms with Gasteiger partial charge < -0.3 is 14.6 Å². The first-order valence-electron chi connectivity index (χ1n) is 9.96. The molecule has 8 nitrogen and oxygen atoms in total. The number of aromatic nitrogens is 2. The third-order valence-corrected chi connectivity index (χ3v) is 5.65. The Hall–Kier alpha value is -2.72. The van der Waals surface area contributed by atoms with Crippen molar-refractivity contribution in [2.75, 3.05) is 7.11 Å². The van der Waals surface area contributed by atoms with Crippen LogP contribution in [-0.2, 0) is 10.2 Å². The van der Waals surface area contributed by atoms with Crippen LogP contribution >= 0.6 is 31.9 Å². The maximum absolute atomic E-state index is 13.4. The van der Waals surface area contributed by atoms with Gasteiger partial charge in [-0.1, -0.05) is 52.6 Å². The Labute approximate surface area is 207 Å². The fraction of sp³-hybridized carbons (Fsp3) is 0.304. The Morgan fingerprint density at radius 1 is 1.21 bits per heavy atom. The highest BCUT2D eigenvalue weighted by atomic mass is 79.9. The molecule has 33 heavy (non-hydrogen) atoms. The third-order valence-electron chi connectivity index (χ3n) is 4.70. The van der Waals surface area contributed by atoms with Crippen LogP contribution < -0.4 is 15.0 Å². The van der Waals surface area contributed by atoms with Gasteiger partial charge in [0.2, 0.25) is 0 Å². The van der Waals surface area contributed by atoms with E-state index >= 15 is 0 Å². The van der Waals surface area contributed by atoms with Gasteiger partial charge in [-0.15, -0.1) is 0 Å². The quantitative estimate of drug-likeness (QED) is 0.413. The summed E-state index contributed by atoms with van der Waals surface area (Å²) in [5.41, 5.74) is 0.188. The van der Waals surface area contributed by atoms with E-state index in [1.54, 1.807) is 24.3 Å². The normalized spacial score (nSPS) is 12.8. The summed E-state index contributed by atoms with van der Waals surface area (Å²) in [6, 6.07) is 8.67. The van der Waals surface area contributed by atoms with Crippen LogP contribution in [0.4, 0.5) is 0 Å². The standard InChI is InChI=1S/C23H23Br2N3O5/c1-12(21(30)31)33-19-13(8-15(25)10-18(19)32-5)11-26-28-20(29)16-9-14(24)6-7-17(16)27-22(28)23(2,3)4/h6-12H,1-5H3,(H,30,31)/t12-/m0/s1. The van der Waals surface area contributed by atoms with Gasteiger partial charge in [0.05, 0.1) is 24.2 Å². The fourth-order valence-electron chi connectivity index (χ4n) is 3.05. The van der Waals surface area contributed by atoms with Crippen molar-refractivity contribution in [3.63, 3.8) is 0 Å². The van der Waals surface area contributed by atoms with Crippen LogP contribution in [-0.4, -0.2) is 40.2 Å². The van der Waals surface area contributed by atoms with E-state index in [4.69, 9.17) is 14.5 Å². The second-order valence-electron chi connectivity index (χ2n) is 8.33. The third kappa shape index (κ3) is 5.44. The summed E-state index contributed by atoms with van der Waals surface area (Å²) in [6.07, 6.45) is 0.305. The van der Waals surface area contributed by atoms with Crippen molar-refractivity contribution in [1.82, 2.24) is 9.66 Å². The van der Waals surface area contributed by atoms with Crippen molar-refractivity contribution in [2.45, 2.75) is 39.2 Å². The molecule has 0 saturated heterocycles. The van der Waals surface area contributed by atoms with Crippen LogP contribution in [0.5, 0.6) is 11.5 Å². The number of nitrogens with zero attached hydrogens (tertiary/aromatic N) is 3. The average molecular weight is 581 g/mol. The summed E-state index contributed by atoms with van der Waals surface area (Å²) in [5.74, 6) is -0.135. The zero-order chi connectivity index (χ0) is 24.5. The molecule has 0 fully saturated rings. The molecule has 0 aliphatic heterocycles. The van der Waals surface area contributed by atoms with Gasteiger partial charge in [-0.05, 0) is 37.3 Å². The Bertz CT molecular complexity index is 1310. The Balaban J connectivity index is 2.24. The number of fused-ring (bicyclic) bond motifs is 1. The van der Waals surface area contributed by atoms with E-state index < -0.39 is 17.5 Å². The van der Waals surface area contributed by atoms with Gasteiger partial charge in [-0.3, -0.25) is 4.79 Å². The number of carboxylic acids is 1. The summed E-state index contributed by atoms with van der Waals surface area (Å²) >= 11 is 6.81. The first-order chi connectivity index (χ1) is 15.4. The number of hydrogen-bond donors (Lipinski definition) is 1. The van der Waals surface area contributed by atoms with Crippen LogP contribution in [0.3, 0.4) is 0 Å². The maximum Gasteiger partial charge on any atom is 0.344 e. The van der Waals surface area contributed by atoms with E-state index in [-0.39, 0.29) is 11.3 Å². The van der Waals surface area contributed by atoms with E-state index in [0.29, 0.717) is 32.5 Å². The average Bonchev–Trinajstić information content (AvgIpc) is 2.73. The predicted molar refractivity (Wildman–Crippen MR) is 134 cm³/mol. The highest BCUT2D eigenvalue weighted by Gasteiger charge is 2.23. The molecule has 0 aliphatic rings. The molecular weight excluding hydrogens is 558 g/mol. The van der Waals surface area contributed by atoms with Gasteiger partial charge in [0.15, 0.2) is 17.6 Å². The Kier molecular flexibility index (Phi) is 7.28. The number of hydrogen-bond acceptors (Lipinski definition) is 6. The zero-order valence-electron chi connectivity index (χ0n) is 18.7. The number of benzene rings is 2. The molecule has 3 aromatic rings. The summed E-state index contributed by atoms with van der Waals surface area (Å²) < 4.78 is 13.7. The lowest BCUT2D eigenvalue weighted by Crippen LogP contribution is -2.29. The maximum atomic E-state index is 13.4. The summed E-state index contributed by atoms with van der Waals surface area (Å²) in [6.45, 7) is 7.24. The molecule has 3 rings (SSSR count). The number of carbonyl (C=O) groups is 1. The highest BCUT2D eigenvalue weighted by molar-refractivity contribution is 9.10. The summed E-state index contributed by atoms with van der Waals surface area (Å²) in [5, 5.41) is 14.1.